The van der Waals surface area contributed by atoms with Crippen molar-refractivity contribution >= 4 is 17.6 Å². The van der Waals surface area contributed by atoms with Crippen molar-refractivity contribution in [3.05, 3.63) is 16.1 Å². The second-order valence-electron chi connectivity index (χ2n) is 8.10. The number of hydrogen-bond acceptors (Lipinski definition) is 3. The van der Waals surface area contributed by atoms with Gasteiger partial charge < -0.3 is 0 Å². The van der Waals surface area contributed by atoms with E-state index in [4.69, 9.17) is 0 Å². The van der Waals surface area contributed by atoms with Crippen molar-refractivity contribution < 1.29 is 4.79 Å². The summed E-state index contributed by atoms with van der Waals surface area (Å²) >= 11 is 1.64. The standard InChI is InChI=1S/C16H21NOS/c1-14-3-11-4-15(2,8-14)10-16(5-11,9-14)13-17-6-12(7-18)19-13/h6-7,11H,3-5,8-10H2,1-2H3. The highest BCUT2D eigenvalue weighted by Gasteiger charge is 2.61. The van der Waals surface area contributed by atoms with E-state index < -0.39 is 0 Å². The predicted octanol–water partition coefficient (Wildman–Crippen LogP) is 4.20. The molecule has 1 aromatic heterocycles. The summed E-state index contributed by atoms with van der Waals surface area (Å²) in [5.41, 5.74) is 1.32. The second kappa shape index (κ2) is 3.49. The zero-order valence-electron chi connectivity index (χ0n) is 11.7. The minimum absolute atomic E-state index is 0.287. The Labute approximate surface area is 118 Å². The molecule has 0 N–H and O–H groups in total. The number of aromatic nitrogens is 1. The van der Waals surface area contributed by atoms with Gasteiger partial charge in [-0.15, -0.1) is 11.3 Å². The first-order valence-corrected chi connectivity index (χ1v) is 8.18. The van der Waals surface area contributed by atoms with Gasteiger partial charge >= 0.3 is 0 Å². The van der Waals surface area contributed by atoms with Crippen molar-refractivity contribution in [3.8, 4) is 0 Å². The highest BCUT2D eigenvalue weighted by molar-refractivity contribution is 7.13. The van der Waals surface area contributed by atoms with Crippen LogP contribution in [-0.2, 0) is 5.41 Å². The lowest BCUT2D eigenvalue weighted by Gasteiger charge is -2.64. The van der Waals surface area contributed by atoms with Gasteiger partial charge in [-0.25, -0.2) is 4.98 Å². The molecular formula is C16H21NOS. The van der Waals surface area contributed by atoms with Gasteiger partial charge in [-0.05, 0) is 55.3 Å². The Balaban J connectivity index is 1.80. The zero-order chi connectivity index (χ0) is 13.3. The molecule has 5 rings (SSSR count). The number of carbonyl (C=O) groups excluding carboxylic acids is 1. The minimum Gasteiger partial charge on any atom is -0.297 e. The number of thiazole rings is 1. The van der Waals surface area contributed by atoms with E-state index in [1.165, 1.54) is 43.5 Å². The average molecular weight is 275 g/mol. The Morgan fingerprint density at radius 1 is 1.21 bits per heavy atom. The summed E-state index contributed by atoms with van der Waals surface area (Å²) in [6, 6.07) is 0. The van der Waals surface area contributed by atoms with Crippen molar-refractivity contribution in [1.82, 2.24) is 4.98 Å². The van der Waals surface area contributed by atoms with E-state index in [-0.39, 0.29) is 5.41 Å². The summed E-state index contributed by atoms with van der Waals surface area (Å²) in [6.07, 6.45) is 10.8. The molecule has 0 saturated heterocycles. The SMILES string of the molecule is CC12CC3CC(C)(C1)CC(c1ncc(C=O)s1)(C3)C2. The van der Waals surface area contributed by atoms with Crippen molar-refractivity contribution in [3.63, 3.8) is 0 Å². The summed E-state index contributed by atoms with van der Waals surface area (Å²) in [5, 5.41) is 1.25. The number of hydrogen-bond donors (Lipinski definition) is 0. The van der Waals surface area contributed by atoms with E-state index >= 15 is 0 Å². The van der Waals surface area contributed by atoms with Crippen LogP contribution in [0.15, 0.2) is 6.20 Å². The molecule has 0 radical (unpaired) electrons. The molecule has 0 amide bonds. The highest BCUT2D eigenvalue weighted by Crippen LogP contribution is 2.70. The smallest absolute Gasteiger partial charge is 0.161 e. The summed E-state index contributed by atoms with van der Waals surface area (Å²) < 4.78 is 0. The first kappa shape index (κ1) is 12.1. The molecule has 4 aliphatic rings. The number of nitrogens with zero attached hydrogens (tertiary/aromatic N) is 1. The Kier molecular flexibility index (Phi) is 2.22. The van der Waals surface area contributed by atoms with Gasteiger partial charge in [0.25, 0.3) is 0 Å². The molecule has 102 valence electrons. The predicted molar refractivity (Wildman–Crippen MR) is 76.6 cm³/mol. The molecule has 2 unspecified atom stereocenters. The molecule has 2 atom stereocenters. The number of carbonyl (C=O) groups is 1. The first-order valence-electron chi connectivity index (χ1n) is 7.36. The van der Waals surface area contributed by atoms with Crippen LogP contribution < -0.4 is 0 Å². The lowest BCUT2D eigenvalue weighted by Crippen LogP contribution is -2.56. The van der Waals surface area contributed by atoms with Crippen LogP contribution >= 0.6 is 11.3 Å². The molecule has 1 heterocycles. The summed E-state index contributed by atoms with van der Waals surface area (Å²) in [7, 11) is 0. The number of aldehydes is 1. The first-order chi connectivity index (χ1) is 8.94. The van der Waals surface area contributed by atoms with Crippen molar-refractivity contribution in [2.24, 2.45) is 16.7 Å². The normalized spacial score (nSPS) is 47.6. The van der Waals surface area contributed by atoms with Crippen LogP contribution in [0.1, 0.15) is 67.1 Å². The summed E-state index contributed by atoms with van der Waals surface area (Å²) in [4.78, 5) is 16.4. The largest absolute Gasteiger partial charge is 0.297 e. The van der Waals surface area contributed by atoms with Gasteiger partial charge in [-0.3, -0.25) is 4.79 Å². The molecule has 4 fully saturated rings. The maximum absolute atomic E-state index is 10.9. The van der Waals surface area contributed by atoms with Gasteiger partial charge in [0.2, 0.25) is 0 Å². The van der Waals surface area contributed by atoms with Gasteiger partial charge in [-0.2, -0.15) is 0 Å². The van der Waals surface area contributed by atoms with Crippen molar-refractivity contribution in [2.75, 3.05) is 0 Å². The van der Waals surface area contributed by atoms with Gasteiger partial charge in [-0.1, -0.05) is 13.8 Å². The van der Waals surface area contributed by atoms with Crippen LogP contribution in [0.3, 0.4) is 0 Å². The summed E-state index contributed by atoms with van der Waals surface area (Å²) in [5.74, 6) is 0.884. The van der Waals surface area contributed by atoms with E-state index in [1.54, 1.807) is 17.5 Å². The highest BCUT2D eigenvalue weighted by atomic mass is 32.1. The van der Waals surface area contributed by atoms with Gasteiger partial charge in [0.15, 0.2) is 6.29 Å². The maximum atomic E-state index is 10.9. The molecule has 0 aromatic carbocycles. The van der Waals surface area contributed by atoms with E-state index in [9.17, 15) is 4.79 Å². The Morgan fingerprint density at radius 3 is 2.42 bits per heavy atom. The molecule has 1 aromatic rings. The van der Waals surface area contributed by atoms with Gasteiger partial charge in [0.1, 0.15) is 0 Å². The lowest BCUT2D eigenvalue weighted by molar-refractivity contribution is -0.110. The fraction of sp³-hybridized carbons (Fsp3) is 0.750. The molecule has 4 aliphatic carbocycles. The van der Waals surface area contributed by atoms with Crippen LogP contribution in [0.2, 0.25) is 0 Å². The third-order valence-electron chi connectivity index (χ3n) is 5.72. The third kappa shape index (κ3) is 1.67. The molecule has 4 bridgehead atoms. The topological polar surface area (TPSA) is 30.0 Å². The monoisotopic (exact) mass is 275 g/mol. The summed E-state index contributed by atoms with van der Waals surface area (Å²) in [6.45, 7) is 4.97. The molecule has 0 aliphatic heterocycles. The van der Waals surface area contributed by atoms with Crippen molar-refractivity contribution in [2.45, 2.75) is 57.8 Å². The van der Waals surface area contributed by atoms with Crippen LogP contribution in [0.4, 0.5) is 0 Å². The Bertz CT molecular complexity index is 531. The fourth-order valence-corrected chi connectivity index (χ4v) is 7.20. The van der Waals surface area contributed by atoms with Crippen LogP contribution in [-0.4, -0.2) is 11.3 Å². The number of rotatable bonds is 2. The molecule has 3 heteroatoms. The molecular weight excluding hydrogens is 254 g/mol. The van der Waals surface area contributed by atoms with Crippen LogP contribution in [0.5, 0.6) is 0 Å². The Morgan fingerprint density at radius 2 is 1.89 bits per heavy atom. The van der Waals surface area contributed by atoms with Crippen LogP contribution in [0, 0.1) is 16.7 Å². The van der Waals surface area contributed by atoms with E-state index in [1.807, 2.05) is 0 Å². The third-order valence-corrected chi connectivity index (χ3v) is 6.89. The fourth-order valence-electron chi connectivity index (χ4n) is 6.27. The van der Waals surface area contributed by atoms with Crippen LogP contribution in [0.25, 0.3) is 0 Å². The van der Waals surface area contributed by atoms with Gasteiger partial charge in [0.05, 0.1) is 9.88 Å². The maximum Gasteiger partial charge on any atom is 0.161 e. The average Bonchev–Trinajstić information content (AvgIpc) is 2.72. The van der Waals surface area contributed by atoms with Crippen molar-refractivity contribution in [1.29, 1.82) is 0 Å². The molecule has 2 nitrogen and oxygen atoms in total. The van der Waals surface area contributed by atoms with E-state index in [2.05, 4.69) is 18.8 Å². The Hall–Kier alpha value is -0.700. The molecule has 0 spiro atoms. The zero-order valence-corrected chi connectivity index (χ0v) is 12.6. The van der Waals surface area contributed by atoms with E-state index in [0.717, 1.165) is 17.1 Å². The van der Waals surface area contributed by atoms with E-state index in [0.29, 0.717) is 10.8 Å². The molecule has 19 heavy (non-hydrogen) atoms. The quantitative estimate of drug-likeness (QED) is 0.757. The van der Waals surface area contributed by atoms with Gasteiger partial charge in [0, 0.05) is 11.6 Å². The lowest BCUT2D eigenvalue weighted by atomic mass is 9.40. The molecule has 4 saturated carbocycles. The minimum atomic E-state index is 0.287. The second-order valence-corrected chi connectivity index (χ2v) is 9.16.